The number of nitrogens with one attached hydrogen (secondary N) is 1. The SMILES string of the molecule is O=S(=O)(O)OCCNS(=O)(=O)c1ccccc1.[Na+]. The molecule has 0 aliphatic heterocycles. The zero-order valence-corrected chi connectivity index (χ0v) is 13.2. The monoisotopic (exact) mass is 304 g/mol. The predicted octanol–water partition coefficient (Wildman–Crippen LogP) is -3.21. The van der Waals surface area contributed by atoms with E-state index in [1.807, 2.05) is 0 Å². The topological polar surface area (TPSA) is 110 Å². The molecule has 0 aliphatic rings. The van der Waals surface area contributed by atoms with E-state index < -0.39 is 27.0 Å². The van der Waals surface area contributed by atoms with Gasteiger partial charge in [0, 0.05) is 6.54 Å². The second kappa shape index (κ2) is 7.56. The number of benzene rings is 1. The summed E-state index contributed by atoms with van der Waals surface area (Å²) in [7, 11) is -8.23. The molecule has 18 heavy (non-hydrogen) atoms. The Bertz CT molecular complexity index is 557. The average Bonchev–Trinajstić information content (AvgIpc) is 2.25. The molecule has 0 saturated carbocycles. The molecule has 0 bridgehead atoms. The third-order valence-electron chi connectivity index (χ3n) is 1.68. The van der Waals surface area contributed by atoms with Crippen LogP contribution < -0.4 is 34.3 Å². The smallest absolute Gasteiger partial charge is 0.264 e. The van der Waals surface area contributed by atoms with E-state index in [0.29, 0.717) is 0 Å². The van der Waals surface area contributed by atoms with Crippen LogP contribution in [0, 0.1) is 0 Å². The van der Waals surface area contributed by atoms with Gasteiger partial charge in [-0.2, -0.15) is 8.42 Å². The Labute approximate surface area is 128 Å². The van der Waals surface area contributed by atoms with Gasteiger partial charge in [0.2, 0.25) is 10.0 Å². The number of sulfonamides is 1. The number of hydrogen-bond donors (Lipinski definition) is 2. The molecule has 1 rings (SSSR count). The minimum atomic E-state index is -4.54. The molecule has 0 amide bonds. The summed E-state index contributed by atoms with van der Waals surface area (Å²) < 4.78 is 57.8. The van der Waals surface area contributed by atoms with Gasteiger partial charge < -0.3 is 0 Å². The van der Waals surface area contributed by atoms with Gasteiger partial charge in [-0.1, -0.05) is 18.2 Å². The van der Waals surface area contributed by atoms with Gasteiger partial charge in [0.15, 0.2) is 0 Å². The van der Waals surface area contributed by atoms with Crippen LogP contribution >= 0.6 is 0 Å². The summed E-state index contributed by atoms with van der Waals surface area (Å²) >= 11 is 0. The molecule has 2 N–H and O–H groups in total. The maximum Gasteiger partial charge on any atom is 1.00 e. The molecule has 1 aromatic carbocycles. The van der Waals surface area contributed by atoms with Crippen molar-refractivity contribution in [3.8, 4) is 0 Å². The molecule has 0 heterocycles. The molecule has 10 heteroatoms. The van der Waals surface area contributed by atoms with Gasteiger partial charge in [-0.3, -0.25) is 4.55 Å². The van der Waals surface area contributed by atoms with Crippen LogP contribution in [0.15, 0.2) is 35.2 Å². The summed E-state index contributed by atoms with van der Waals surface area (Å²) in [6, 6.07) is 7.57. The normalized spacial score (nSPS) is 11.8. The van der Waals surface area contributed by atoms with Crippen LogP contribution in [-0.4, -0.2) is 34.5 Å². The fraction of sp³-hybridized carbons (Fsp3) is 0.250. The Morgan fingerprint density at radius 3 is 2.17 bits per heavy atom. The van der Waals surface area contributed by atoms with Crippen molar-refractivity contribution in [2.24, 2.45) is 0 Å². The van der Waals surface area contributed by atoms with Crippen molar-refractivity contribution in [1.82, 2.24) is 4.72 Å². The average molecular weight is 304 g/mol. The molecule has 0 atom stereocenters. The van der Waals surface area contributed by atoms with Gasteiger partial charge in [0.25, 0.3) is 0 Å². The summed E-state index contributed by atoms with van der Waals surface area (Å²) in [5.41, 5.74) is 0. The minimum Gasteiger partial charge on any atom is -0.264 e. The molecule has 0 spiro atoms. The van der Waals surface area contributed by atoms with E-state index in [2.05, 4.69) is 8.91 Å². The fourth-order valence-electron chi connectivity index (χ4n) is 1.01. The van der Waals surface area contributed by atoms with E-state index >= 15 is 0 Å². The molecule has 0 aliphatic carbocycles. The van der Waals surface area contributed by atoms with E-state index in [0.717, 1.165) is 0 Å². The first kappa shape index (κ1) is 18.0. The first-order valence-electron chi connectivity index (χ1n) is 4.48. The summed E-state index contributed by atoms with van der Waals surface area (Å²) in [4.78, 5) is 0.0619. The second-order valence-electron chi connectivity index (χ2n) is 2.96. The Morgan fingerprint density at radius 2 is 1.67 bits per heavy atom. The van der Waals surface area contributed by atoms with E-state index in [-0.39, 0.29) is 41.0 Å². The molecule has 0 saturated heterocycles. The van der Waals surface area contributed by atoms with Gasteiger partial charge >= 0.3 is 40.0 Å². The van der Waals surface area contributed by atoms with Crippen LogP contribution in [0.1, 0.15) is 0 Å². The van der Waals surface area contributed by atoms with E-state index in [1.54, 1.807) is 18.2 Å². The van der Waals surface area contributed by atoms with Gasteiger partial charge in [0.1, 0.15) is 0 Å². The van der Waals surface area contributed by atoms with Crippen molar-refractivity contribution in [3.05, 3.63) is 30.3 Å². The Kier molecular flexibility index (Phi) is 7.56. The summed E-state index contributed by atoms with van der Waals surface area (Å²) in [6.07, 6.45) is 0. The molecule has 7 nitrogen and oxygen atoms in total. The van der Waals surface area contributed by atoms with Crippen LogP contribution in [0.2, 0.25) is 0 Å². The molecular weight excluding hydrogens is 293 g/mol. The summed E-state index contributed by atoms with van der Waals surface area (Å²) in [6.45, 7) is -0.748. The third kappa shape index (κ3) is 6.81. The molecule has 96 valence electrons. The maximum atomic E-state index is 11.6. The van der Waals surface area contributed by atoms with Crippen molar-refractivity contribution < 1.29 is 55.1 Å². The zero-order chi connectivity index (χ0) is 12.9. The number of rotatable bonds is 6. The van der Waals surface area contributed by atoms with Gasteiger partial charge in [0.05, 0.1) is 11.5 Å². The Balaban J connectivity index is 0.00000289. The Morgan fingerprint density at radius 1 is 1.11 bits per heavy atom. The zero-order valence-electron chi connectivity index (χ0n) is 9.61. The largest absolute Gasteiger partial charge is 1.00 e. The first-order chi connectivity index (χ1) is 7.81. The third-order valence-corrected chi connectivity index (χ3v) is 3.62. The first-order valence-corrected chi connectivity index (χ1v) is 7.33. The van der Waals surface area contributed by atoms with Crippen molar-refractivity contribution in [2.45, 2.75) is 4.90 Å². The van der Waals surface area contributed by atoms with Crippen molar-refractivity contribution in [1.29, 1.82) is 0 Å². The van der Waals surface area contributed by atoms with Crippen molar-refractivity contribution in [3.63, 3.8) is 0 Å². The molecule has 1 aromatic rings. The molecule has 0 fully saturated rings. The van der Waals surface area contributed by atoms with Crippen LogP contribution in [-0.2, 0) is 24.6 Å². The summed E-state index contributed by atoms with van der Waals surface area (Å²) in [5.74, 6) is 0. The maximum absolute atomic E-state index is 11.6. The van der Waals surface area contributed by atoms with Gasteiger partial charge in [-0.05, 0) is 12.1 Å². The quantitative estimate of drug-likeness (QED) is 0.325. The van der Waals surface area contributed by atoms with Crippen LogP contribution in [0.5, 0.6) is 0 Å². The van der Waals surface area contributed by atoms with E-state index in [4.69, 9.17) is 4.55 Å². The van der Waals surface area contributed by atoms with Crippen molar-refractivity contribution >= 4 is 20.4 Å². The van der Waals surface area contributed by atoms with Crippen LogP contribution in [0.4, 0.5) is 0 Å². The molecule has 0 aromatic heterocycles. The minimum absolute atomic E-state index is 0. The molecule has 0 radical (unpaired) electrons. The summed E-state index contributed by atoms with van der Waals surface area (Å²) in [5, 5.41) is 0. The van der Waals surface area contributed by atoms with Crippen LogP contribution in [0.3, 0.4) is 0 Å². The van der Waals surface area contributed by atoms with Crippen molar-refractivity contribution in [2.75, 3.05) is 13.2 Å². The molecule has 0 unspecified atom stereocenters. The van der Waals surface area contributed by atoms with Crippen LogP contribution in [0.25, 0.3) is 0 Å². The predicted molar refractivity (Wildman–Crippen MR) is 59.1 cm³/mol. The van der Waals surface area contributed by atoms with E-state index in [9.17, 15) is 16.8 Å². The molecular formula is C8H11NNaO6S2+. The number of hydrogen-bond acceptors (Lipinski definition) is 5. The van der Waals surface area contributed by atoms with Gasteiger partial charge in [-0.15, -0.1) is 0 Å². The van der Waals surface area contributed by atoms with E-state index in [1.165, 1.54) is 12.1 Å². The second-order valence-corrected chi connectivity index (χ2v) is 5.82. The standard InChI is InChI=1S/C8H11NO6S2.Na/c10-16(11,8-4-2-1-3-5-8)9-6-7-15-17(12,13)14;/h1-5,9H,6-7H2,(H,12,13,14);/q;+1. The van der Waals surface area contributed by atoms with Gasteiger partial charge in [-0.25, -0.2) is 17.3 Å². The Hall–Kier alpha value is 0. The fourth-order valence-corrected chi connectivity index (χ4v) is 2.33.